The van der Waals surface area contributed by atoms with Crippen LogP contribution in [0.5, 0.6) is 0 Å². The zero-order chi connectivity index (χ0) is 14.5. The molecule has 1 amide bonds. The zero-order valence-electron chi connectivity index (χ0n) is 10.8. The lowest BCUT2D eigenvalue weighted by Crippen LogP contribution is -2.69. The molecule has 6 heteroatoms. The van der Waals surface area contributed by atoms with Crippen molar-refractivity contribution < 1.29 is 18.0 Å². The minimum Gasteiger partial charge on any atom is -0.335 e. The lowest BCUT2D eigenvalue weighted by molar-refractivity contribution is -0.137. The predicted molar refractivity (Wildman–Crippen MR) is 67.0 cm³/mol. The van der Waals surface area contributed by atoms with E-state index in [1.165, 1.54) is 17.0 Å². The molecule has 2 aliphatic rings. The van der Waals surface area contributed by atoms with Crippen molar-refractivity contribution in [3.8, 4) is 0 Å². The van der Waals surface area contributed by atoms with Crippen LogP contribution in [0.4, 0.5) is 13.2 Å². The molecule has 20 heavy (non-hydrogen) atoms. The van der Waals surface area contributed by atoms with Crippen LogP contribution in [0.3, 0.4) is 0 Å². The van der Waals surface area contributed by atoms with Gasteiger partial charge in [-0.05, 0) is 37.0 Å². The molecule has 1 aromatic rings. The highest BCUT2D eigenvalue weighted by Crippen LogP contribution is 2.43. The van der Waals surface area contributed by atoms with Crippen LogP contribution in [0, 0.1) is 5.92 Å². The van der Waals surface area contributed by atoms with Crippen molar-refractivity contribution in [2.45, 2.75) is 24.6 Å². The van der Waals surface area contributed by atoms with Gasteiger partial charge in [-0.2, -0.15) is 13.2 Å². The molecule has 2 fully saturated rings. The maximum Gasteiger partial charge on any atom is 0.416 e. The normalized spacial score (nSPS) is 21.5. The highest BCUT2D eigenvalue weighted by Gasteiger charge is 2.51. The van der Waals surface area contributed by atoms with Gasteiger partial charge in [-0.25, -0.2) is 0 Å². The van der Waals surface area contributed by atoms with Crippen LogP contribution in [0.1, 0.15) is 28.8 Å². The maximum atomic E-state index is 12.6. The summed E-state index contributed by atoms with van der Waals surface area (Å²) in [5, 5.41) is 0. The van der Waals surface area contributed by atoms with Gasteiger partial charge < -0.3 is 10.6 Å². The second-order valence-electron chi connectivity index (χ2n) is 5.75. The Kier molecular flexibility index (Phi) is 2.83. The largest absolute Gasteiger partial charge is 0.416 e. The van der Waals surface area contributed by atoms with Crippen LogP contribution in [0.15, 0.2) is 24.3 Å². The molecule has 0 bridgehead atoms. The number of nitrogens with zero attached hydrogens (tertiary/aromatic N) is 1. The van der Waals surface area contributed by atoms with E-state index in [-0.39, 0.29) is 17.0 Å². The van der Waals surface area contributed by atoms with E-state index in [9.17, 15) is 18.0 Å². The molecule has 1 aliphatic heterocycles. The second kappa shape index (κ2) is 4.22. The van der Waals surface area contributed by atoms with Crippen molar-refractivity contribution in [3.05, 3.63) is 35.4 Å². The Labute approximate surface area is 114 Å². The molecule has 1 heterocycles. The highest BCUT2D eigenvalue weighted by atomic mass is 19.4. The Balaban J connectivity index is 1.72. The number of carbonyl (C=O) groups is 1. The predicted octanol–water partition coefficient (Wildman–Crippen LogP) is 2.27. The number of benzene rings is 1. The third kappa shape index (κ3) is 2.28. The fourth-order valence-electron chi connectivity index (χ4n) is 2.74. The Morgan fingerprint density at radius 2 is 1.95 bits per heavy atom. The van der Waals surface area contributed by atoms with Crippen LogP contribution in [-0.2, 0) is 6.18 Å². The van der Waals surface area contributed by atoms with Gasteiger partial charge in [0.15, 0.2) is 0 Å². The zero-order valence-corrected chi connectivity index (χ0v) is 10.8. The number of nitrogens with two attached hydrogens (primary N) is 1. The second-order valence-corrected chi connectivity index (χ2v) is 5.75. The first-order valence-corrected chi connectivity index (χ1v) is 6.55. The monoisotopic (exact) mass is 284 g/mol. The number of amides is 1. The van der Waals surface area contributed by atoms with Crippen molar-refractivity contribution in [1.29, 1.82) is 0 Å². The van der Waals surface area contributed by atoms with E-state index in [2.05, 4.69) is 0 Å². The van der Waals surface area contributed by atoms with Crippen LogP contribution < -0.4 is 5.73 Å². The first-order chi connectivity index (χ1) is 9.29. The number of carbonyl (C=O) groups excluding carboxylic acids is 1. The first kappa shape index (κ1) is 13.4. The Morgan fingerprint density at radius 1 is 1.30 bits per heavy atom. The van der Waals surface area contributed by atoms with Crippen molar-refractivity contribution in [2.75, 3.05) is 13.1 Å². The van der Waals surface area contributed by atoms with Gasteiger partial charge in [0.05, 0.1) is 11.1 Å². The quantitative estimate of drug-likeness (QED) is 0.905. The molecule has 0 spiro atoms. The van der Waals surface area contributed by atoms with E-state index in [0.717, 1.165) is 25.0 Å². The summed E-state index contributed by atoms with van der Waals surface area (Å²) in [5.74, 6) is 0.0888. The number of alkyl halides is 3. The maximum absolute atomic E-state index is 12.6. The molecule has 1 aliphatic carbocycles. The number of halogens is 3. The van der Waals surface area contributed by atoms with Crippen molar-refractivity contribution in [2.24, 2.45) is 11.7 Å². The summed E-state index contributed by atoms with van der Waals surface area (Å²) in [4.78, 5) is 13.7. The average Bonchev–Trinajstić information content (AvgIpc) is 3.18. The topological polar surface area (TPSA) is 46.3 Å². The van der Waals surface area contributed by atoms with Crippen LogP contribution in [-0.4, -0.2) is 29.4 Å². The average molecular weight is 284 g/mol. The Morgan fingerprint density at radius 3 is 2.50 bits per heavy atom. The Hall–Kier alpha value is -1.56. The number of likely N-dealkylation sites (tertiary alicyclic amines) is 1. The molecule has 0 unspecified atom stereocenters. The molecule has 0 aromatic heterocycles. The number of rotatable bonds is 2. The van der Waals surface area contributed by atoms with Gasteiger partial charge >= 0.3 is 6.18 Å². The van der Waals surface area contributed by atoms with E-state index in [1.54, 1.807) is 0 Å². The number of hydrogen-bond acceptors (Lipinski definition) is 2. The van der Waals surface area contributed by atoms with Crippen molar-refractivity contribution in [1.82, 2.24) is 4.90 Å². The smallest absolute Gasteiger partial charge is 0.335 e. The minimum absolute atomic E-state index is 0.0673. The van der Waals surface area contributed by atoms with Gasteiger partial charge in [-0.3, -0.25) is 4.79 Å². The summed E-state index contributed by atoms with van der Waals surface area (Å²) >= 11 is 0. The first-order valence-electron chi connectivity index (χ1n) is 6.55. The van der Waals surface area contributed by atoms with E-state index in [1.807, 2.05) is 0 Å². The standard InChI is InChI=1S/C14H15F3N2O/c15-14(16,17)11-3-1-2-9(6-11)12(20)19-7-13(18,8-19)10-4-5-10/h1-3,6,10H,4-5,7-8,18H2. The van der Waals surface area contributed by atoms with Crippen molar-refractivity contribution in [3.63, 3.8) is 0 Å². The van der Waals surface area contributed by atoms with E-state index in [0.29, 0.717) is 19.0 Å². The lowest BCUT2D eigenvalue weighted by Gasteiger charge is -2.48. The van der Waals surface area contributed by atoms with Gasteiger partial charge in [0.2, 0.25) is 0 Å². The summed E-state index contributed by atoms with van der Waals surface area (Å²) in [7, 11) is 0. The summed E-state index contributed by atoms with van der Waals surface area (Å²) in [5.41, 5.74) is 5.08. The van der Waals surface area contributed by atoms with Crippen LogP contribution >= 0.6 is 0 Å². The summed E-state index contributed by atoms with van der Waals surface area (Å²) in [6.07, 6.45) is -2.26. The van der Waals surface area contributed by atoms with Gasteiger partial charge in [-0.1, -0.05) is 6.07 Å². The summed E-state index contributed by atoms with van der Waals surface area (Å²) in [6, 6.07) is 4.53. The molecule has 2 N–H and O–H groups in total. The van der Waals surface area contributed by atoms with Crippen molar-refractivity contribution >= 4 is 5.91 Å². The highest BCUT2D eigenvalue weighted by molar-refractivity contribution is 5.95. The fraction of sp³-hybridized carbons (Fsp3) is 0.500. The third-order valence-electron chi connectivity index (χ3n) is 4.08. The molecule has 108 valence electrons. The SMILES string of the molecule is NC1(C2CC2)CN(C(=O)c2cccc(C(F)(F)F)c2)C1. The molecule has 1 saturated heterocycles. The number of hydrogen-bond donors (Lipinski definition) is 1. The summed E-state index contributed by atoms with van der Waals surface area (Å²) in [6.45, 7) is 0.874. The van der Waals surface area contributed by atoms with E-state index in [4.69, 9.17) is 5.73 Å². The van der Waals surface area contributed by atoms with E-state index < -0.39 is 11.7 Å². The fourth-order valence-corrected chi connectivity index (χ4v) is 2.74. The molecule has 1 saturated carbocycles. The van der Waals surface area contributed by atoms with Gasteiger partial charge in [0, 0.05) is 18.7 Å². The molecule has 3 rings (SSSR count). The third-order valence-corrected chi connectivity index (χ3v) is 4.08. The minimum atomic E-state index is -4.43. The van der Waals surface area contributed by atoms with Crippen LogP contribution in [0.25, 0.3) is 0 Å². The van der Waals surface area contributed by atoms with Gasteiger partial charge in [-0.15, -0.1) is 0 Å². The molecule has 0 atom stereocenters. The van der Waals surface area contributed by atoms with Gasteiger partial charge in [0.25, 0.3) is 5.91 Å². The molecular weight excluding hydrogens is 269 g/mol. The summed E-state index contributed by atoms with van der Waals surface area (Å²) < 4.78 is 37.9. The Bertz CT molecular complexity index is 546. The lowest BCUT2D eigenvalue weighted by atomic mass is 9.85. The molecule has 0 radical (unpaired) electrons. The molecule has 3 nitrogen and oxygen atoms in total. The molecule has 1 aromatic carbocycles. The van der Waals surface area contributed by atoms with Gasteiger partial charge in [0.1, 0.15) is 0 Å². The molecular formula is C14H15F3N2O. The van der Waals surface area contributed by atoms with E-state index >= 15 is 0 Å². The van der Waals surface area contributed by atoms with Crippen LogP contribution in [0.2, 0.25) is 0 Å².